The van der Waals surface area contributed by atoms with Crippen molar-refractivity contribution in [1.29, 1.82) is 0 Å². The van der Waals surface area contributed by atoms with Gasteiger partial charge >= 0.3 is 0 Å². The maximum atomic E-state index is 13.0. The van der Waals surface area contributed by atoms with Crippen molar-refractivity contribution < 1.29 is 9.59 Å². The summed E-state index contributed by atoms with van der Waals surface area (Å²) in [5.74, 6) is -0.361. The maximum Gasteiger partial charge on any atom is 0.293 e. The largest absolute Gasteiger partial charge is 0.318 e. The average molecular weight is 506 g/mol. The van der Waals surface area contributed by atoms with E-state index in [1.54, 1.807) is 24.3 Å². The first-order valence-corrected chi connectivity index (χ1v) is 11.8. The van der Waals surface area contributed by atoms with E-state index < -0.39 is 0 Å². The fraction of sp³-hybridized carbons (Fsp3) is 0.167. The summed E-state index contributed by atoms with van der Waals surface area (Å²) in [4.78, 5) is 27.2. The number of rotatable bonds is 4. The van der Waals surface area contributed by atoms with Gasteiger partial charge in [0.25, 0.3) is 11.1 Å². The molecule has 1 fully saturated rings. The van der Waals surface area contributed by atoms with E-state index in [2.05, 4.69) is 4.57 Å². The lowest BCUT2D eigenvalue weighted by molar-refractivity contribution is -0.123. The summed E-state index contributed by atoms with van der Waals surface area (Å²) < 4.78 is 2.10. The third kappa shape index (κ3) is 4.11. The highest BCUT2D eigenvalue weighted by atomic mass is 35.5. The summed E-state index contributed by atoms with van der Waals surface area (Å²) in [5.41, 5.74) is 5.32. The molecule has 8 heteroatoms. The highest BCUT2D eigenvalue weighted by molar-refractivity contribution is 8.18. The van der Waals surface area contributed by atoms with Crippen molar-refractivity contribution in [2.24, 2.45) is 0 Å². The van der Waals surface area contributed by atoms with Crippen LogP contribution in [0.3, 0.4) is 0 Å². The smallest absolute Gasteiger partial charge is 0.293 e. The summed E-state index contributed by atoms with van der Waals surface area (Å²) in [5, 5.41) is 1.18. The van der Waals surface area contributed by atoms with Crippen LogP contribution in [0.5, 0.6) is 0 Å². The minimum atomic E-state index is -0.361. The van der Waals surface area contributed by atoms with Crippen molar-refractivity contribution in [3.05, 3.63) is 90.5 Å². The molecule has 2 aromatic carbocycles. The number of benzene rings is 2. The molecule has 0 radical (unpaired) electrons. The number of carbonyl (C=O) groups is 2. The molecule has 1 aliphatic rings. The number of hydrogen-bond acceptors (Lipinski definition) is 3. The lowest BCUT2D eigenvalue weighted by Gasteiger charge is -2.14. The molecule has 0 atom stereocenters. The highest BCUT2D eigenvalue weighted by Gasteiger charge is 2.36. The topological polar surface area (TPSA) is 42.3 Å². The Morgan fingerprint density at radius 2 is 1.56 bits per heavy atom. The molecule has 164 valence electrons. The van der Waals surface area contributed by atoms with Crippen LogP contribution in [0, 0.1) is 20.8 Å². The quantitative estimate of drug-likeness (QED) is 0.343. The van der Waals surface area contributed by atoms with Crippen LogP contribution in [-0.4, -0.2) is 20.6 Å². The van der Waals surface area contributed by atoms with Crippen LogP contribution in [0.25, 0.3) is 11.8 Å². The number of aryl methyl sites for hydroxylation is 1. The van der Waals surface area contributed by atoms with E-state index in [0.29, 0.717) is 25.5 Å². The van der Waals surface area contributed by atoms with E-state index in [9.17, 15) is 9.59 Å². The van der Waals surface area contributed by atoms with Crippen LogP contribution >= 0.6 is 46.6 Å². The second-order valence-electron chi connectivity index (χ2n) is 7.51. The van der Waals surface area contributed by atoms with Gasteiger partial charge in [0.05, 0.1) is 11.4 Å². The molecule has 32 heavy (non-hydrogen) atoms. The molecular weight excluding hydrogens is 487 g/mol. The van der Waals surface area contributed by atoms with Crippen LogP contribution in [-0.2, 0) is 11.3 Å². The van der Waals surface area contributed by atoms with Crippen LogP contribution in [0.2, 0.25) is 15.1 Å². The Bertz CT molecular complexity index is 1280. The Morgan fingerprint density at radius 3 is 2.25 bits per heavy atom. The van der Waals surface area contributed by atoms with Crippen LogP contribution in [0.1, 0.15) is 28.1 Å². The lowest BCUT2D eigenvalue weighted by atomic mass is 10.2. The van der Waals surface area contributed by atoms with Gasteiger partial charge in [-0.3, -0.25) is 14.5 Å². The molecule has 2 heterocycles. The Hall–Kier alpha value is -2.18. The van der Waals surface area contributed by atoms with E-state index in [0.717, 1.165) is 40.0 Å². The summed E-state index contributed by atoms with van der Waals surface area (Å²) in [6.45, 7) is 5.98. The van der Waals surface area contributed by atoms with Crippen molar-refractivity contribution >= 4 is 63.8 Å². The SMILES string of the molecule is Cc1c(Cl)cccc1-n1c(C)cc(/C=C2\SC(=O)N(Cc3c(Cl)cccc3Cl)C2=O)c1C. The van der Waals surface area contributed by atoms with Crippen molar-refractivity contribution in [2.75, 3.05) is 0 Å². The van der Waals surface area contributed by atoms with Crippen molar-refractivity contribution in [3.63, 3.8) is 0 Å². The van der Waals surface area contributed by atoms with Crippen molar-refractivity contribution in [1.82, 2.24) is 9.47 Å². The molecule has 0 saturated carbocycles. The molecule has 4 nitrogen and oxygen atoms in total. The van der Waals surface area contributed by atoms with Crippen LogP contribution < -0.4 is 0 Å². The number of thioether (sulfide) groups is 1. The third-order valence-corrected chi connectivity index (χ3v) is 7.51. The Kier molecular flexibility index (Phi) is 6.46. The molecule has 1 saturated heterocycles. The predicted molar refractivity (Wildman–Crippen MR) is 133 cm³/mol. The molecule has 1 aromatic heterocycles. The molecule has 2 amide bonds. The third-order valence-electron chi connectivity index (χ3n) is 5.49. The zero-order valence-corrected chi connectivity index (χ0v) is 20.7. The first-order valence-electron chi connectivity index (χ1n) is 9.81. The minimum absolute atomic E-state index is 0.0290. The second-order valence-corrected chi connectivity index (χ2v) is 9.73. The number of imide groups is 1. The molecule has 0 unspecified atom stereocenters. The van der Waals surface area contributed by atoms with Gasteiger partial charge in [0.15, 0.2) is 0 Å². The number of aromatic nitrogens is 1. The van der Waals surface area contributed by atoms with Gasteiger partial charge in [-0.1, -0.05) is 46.9 Å². The number of carbonyl (C=O) groups excluding carboxylic acids is 2. The van der Waals surface area contributed by atoms with Crippen LogP contribution in [0.15, 0.2) is 47.4 Å². The summed E-state index contributed by atoms with van der Waals surface area (Å²) in [6.07, 6.45) is 1.76. The van der Waals surface area contributed by atoms with Gasteiger partial charge in [-0.25, -0.2) is 0 Å². The zero-order chi connectivity index (χ0) is 23.2. The normalized spacial score (nSPS) is 15.3. The van der Waals surface area contributed by atoms with Crippen molar-refractivity contribution in [2.45, 2.75) is 27.3 Å². The molecule has 0 bridgehead atoms. The molecule has 0 aliphatic carbocycles. The van der Waals surface area contributed by atoms with E-state index in [1.165, 1.54) is 4.90 Å². The van der Waals surface area contributed by atoms with Gasteiger partial charge in [0.2, 0.25) is 0 Å². The first-order chi connectivity index (χ1) is 15.2. The Balaban J connectivity index is 1.68. The second kappa shape index (κ2) is 8.99. The molecule has 3 aromatic rings. The zero-order valence-electron chi connectivity index (χ0n) is 17.6. The summed E-state index contributed by atoms with van der Waals surface area (Å²) >= 11 is 19.7. The molecule has 1 aliphatic heterocycles. The minimum Gasteiger partial charge on any atom is -0.318 e. The molecule has 0 spiro atoms. The van der Waals surface area contributed by atoms with Gasteiger partial charge in [-0.15, -0.1) is 0 Å². The van der Waals surface area contributed by atoms with Gasteiger partial charge in [0, 0.05) is 37.7 Å². The molecule has 4 rings (SSSR count). The van der Waals surface area contributed by atoms with Gasteiger partial charge in [-0.2, -0.15) is 0 Å². The van der Waals surface area contributed by atoms with Gasteiger partial charge < -0.3 is 4.57 Å². The van der Waals surface area contributed by atoms with Crippen molar-refractivity contribution in [3.8, 4) is 5.69 Å². The summed E-state index contributed by atoms with van der Waals surface area (Å²) in [6, 6.07) is 12.9. The fourth-order valence-corrected chi connectivity index (χ4v) is 5.28. The number of amides is 2. The van der Waals surface area contributed by atoms with Gasteiger partial charge in [0.1, 0.15) is 0 Å². The lowest BCUT2D eigenvalue weighted by Crippen LogP contribution is -2.27. The van der Waals surface area contributed by atoms with E-state index in [1.807, 2.05) is 45.0 Å². The average Bonchev–Trinajstić information content (AvgIpc) is 3.16. The summed E-state index contributed by atoms with van der Waals surface area (Å²) in [7, 11) is 0. The number of halogens is 3. The highest BCUT2D eigenvalue weighted by Crippen LogP contribution is 2.37. The van der Waals surface area contributed by atoms with E-state index in [-0.39, 0.29) is 17.7 Å². The van der Waals surface area contributed by atoms with E-state index >= 15 is 0 Å². The maximum absolute atomic E-state index is 13.0. The fourth-order valence-electron chi connectivity index (χ4n) is 3.76. The van der Waals surface area contributed by atoms with Crippen LogP contribution in [0.4, 0.5) is 4.79 Å². The molecule has 0 N–H and O–H groups in total. The monoisotopic (exact) mass is 504 g/mol. The first kappa shape index (κ1) is 23.0. The van der Waals surface area contributed by atoms with Gasteiger partial charge in [-0.05, 0) is 80.1 Å². The number of hydrogen-bond donors (Lipinski definition) is 0. The Morgan fingerprint density at radius 1 is 0.938 bits per heavy atom. The predicted octanol–water partition coefficient (Wildman–Crippen LogP) is 7.60. The number of nitrogens with zero attached hydrogens (tertiary/aromatic N) is 2. The molecular formula is C24H19Cl3N2O2S. The standard InChI is InChI=1S/C24H19Cl3N2O2S/c1-13-10-16(15(3)29(13)21-9-5-6-18(25)14(21)2)11-22-23(30)28(24(31)32-22)12-17-19(26)7-4-8-20(17)27/h4-11H,12H2,1-3H3/b22-11-. The Labute approximate surface area is 205 Å². The van der Waals surface area contributed by atoms with E-state index in [4.69, 9.17) is 34.8 Å².